The van der Waals surface area contributed by atoms with Crippen LogP contribution in [0.4, 0.5) is 0 Å². The molecule has 0 N–H and O–H groups in total. The van der Waals surface area contributed by atoms with E-state index >= 15 is 0 Å². The van der Waals surface area contributed by atoms with Crippen LogP contribution in [0.3, 0.4) is 0 Å². The number of rotatable bonds is 0. The maximum absolute atomic E-state index is 8.34. The molecule has 0 fully saturated rings. The molecule has 0 spiro atoms. The molecule has 0 aliphatic carbocycles. The molecule has 0 aromatic heterocycles. The molecule has 0 atom stereocenters. The molecule has 0 unspecified atom stereocenters. The summed E-state index contributed by atoms with van der Waals surface area (Å²) in [5.74, 6) is 7.12. The predicted molar refractivity (Wildman–Crippen MR) is 54.5 cm³/mol. The fourth-order valence-corrected chi connectivity index (χ4v) is 1.31. The quantitative estimate of drug-likeness (QED) is 0.597. The number of ether oxygens (including phenoxy) is 2. The van der Waals surface area contributed by atoms with Gasteiger partial charge in [-0.05, 0) is 18.2 Å². The summed E-state index contributed by atoms with van der Waals surface area (Å²) in [4.78, 5) is 0. The molecule has 1 aromatic carbocycles. The first-order valence-corrected chi connectivity index (χ1v) is 4.65. The zero-order valence-corrected chi connectivity index (χ0v) is 8.12. The van der Waals surface area contributed by atoms with Crippen molar-refractivity contribution in [1.29, 1.82) is 5.26 Å². The molecule has 1 aliphatic rings. The van der Waals surface area contributed by atoms with Gasteiger partial charge in [0.25, 0.3) is 0 Å². The van der Waals surface area contributed by atoms with Crippen LogP contribution in [-0.4, -0.2) is 13.2 Å². The van der Waals surface area contributed by atoms with E-state index in [1.165, 1.54) is 0 Å². The lowest BCUT2D eigenvalue weighted by molar-refractivity contribution is 0.171. The van der Waals surface area contributed by atoms with Gasteiger partial charge in [0, 0.05) is 5.56 Å². The summed E-state index contributed by atoms with van der Waals surface area (Å²) in [5.41, 5.74) is 0.842. The van der Waals surface area contributed by atoms with Crippen LogP contribution in [0.5, 0.6) is 11.5 Å². The SMILES string of the molecule is N#CCC#Cc1ccc2c(c1)OCCO2. The molecule has 0 saturated heterocycles. The van der Waals surface area contributed by atoms with Gasteiger partial charge in [-0.15, -0.1) is 0 Å². The van der Waals surface area contributed by atoms with Crippen molar-refractivity contribution in [3.8, 4) is 29.4 Å². The zero-order chi connectivity index (χ0) is 10.5. The van der Waals surface area contributed by atoms with E-state index in [1.54, 1.807) is 0 Å². The molecular formula is C12H9NO2. The molecule has 3 heteroatoms. The van der Waals surface area contributed by atoms with Crippen LogP contribution in [0.15, 0.2) is 18.2 Å². The van der Waals surface area contributed by atoms with Gasteiger partial charge in [-0.2, -0.15) is 5.26 Å². The van der Waals surface area contributed by atoms with Crippen molar-refractivity contribution in [2.45, 2.75) is 6.42 Å². The molecule has 0 radical (unpaired) electrons. The van der Waals surface area contributed by atoms with E-state index in [1.807, 2.05) is 24.3 Å². The van der Waals surface area contributed by atoms with E-state index in [-0.39, 0.29) is 6.42 Å². The van der Waals surface area contributed by atoms with Gasteiger partial charge in [0.1, 0.15) is 13.2 Å². The van der Waals surface area contributed by atoms with Gasteiger partial charge in [-0.1, -0.05) is 11.8 Å². The largest absolute Gasteiger partial charge is 0.486 e. The van der Waals surface area contributed by atoms with Crippen LogP contribution in [0.1, 0.15) is 12.0 Å². The summed E-state index contributed by atoms with van der Waals surface area (Å²) in [6, 6.07) is 7.50. The van der Waals surface area contributed by atoms with E-state index in [0.29, 0.717) is 13.2 Å². The monoisotopic (exact) mass is 199 g/mol. The number of fused-ring (bicyclic) bond motifs is 1. The summed E-state index contributed by atoms with van der Waals surface area (Å²) in [7, 11) is 0. The van der Waals surface area contributed by atoms with Crippen molar-refractivity contribution in [1.82, 2.24) is 0 Å². The molecule has 1 aromatic rings. The van der Waals surface area contributed by atoms with Crippen LogP contribution < -0.4 is 9.47 Å². The highest BCUT2D eigenvalue weighted by Crippen LogP contribution is 2.30. The van der Waals surface area contributed by atoms with E-state index in [0.717, 1.165) is 17.1 Å². The van der Waals surface area contributed by atoms with Crippen molar-refractivity contribution in [2.75, 3.05) is 13.2 Å². The third-order valence-electron chi connectivity index (χ3n) is 1.94. The van der Waals surface area contributed by atoms with E-state index in [2.05, 4.69) is 11.8 Å². The van der Waals surface area contributed by atoms with Crippen molar-refractivity contribution in [3.05, 3.63) is 23.8 Å². The second-order valence-corrected chi connectivity index (χ2v) is 3.00. The summed E-state index contributed by atoms with van der Waals surface area (Å²) in [6.45, 7) is 1.16. The molecule has 15 heavy (non-hydrogen) atoms. The Labute approximate surface area is 88.2 Å². The molecule has 0 saturated carbocycles. The lowest BCUT2D eigenvalue weighted by Gasteiger charge is -2.17. The van der Waals surface area contributed by atoms with E-state index in [4.69, 9.17) is 14.7 Å². The second-order valence-electron chi connectivity index (χ2n) is 3.00. The van der Waals surface area contributed by atoms with E-state index in [9.17, 15) is 0 Å². The minimum Gasteiger partial charge on any atom is -0.486 e. The van der Waals surface area contributed by atoms with Gasteiger partial charge in [0.2, 0.25) is 0 Å². The minimum atomic E-state index is 0.244. The van der Waals surface area contributed by atoms with Gasteiger partial charge in [0.05, 0.1) is 12.5 Å². The average molecular weight is 199 g/mol. The minimum absolute atomic E-state index is 0.244. The number of benzene rings is 1. The number of nitrogens with zero attached hydrogens (tertiary/aromatic N) is 1. The fourth-order valence-electron chi connectivity index (χ4n) is 1.31. The molecule has 3 nitrogen and oxygen atoms in total. The lowest BCUT2D eigenvalue weighted by atomic mass is 10.2. The average Bonchev–Trinajstić information content (AvgIpc) is 2.29. The van der Waals surface area contributed by atoms with Crippen LogP contribution in [0.2, 0.25) is 0 Å². The number of nitriles is 1. The Balaban J connectivity index is 2.22. The Morgan fingerprint density at radius 2 is 2.00 bits per heavy atom. The Morgan fingerprint density at radius 1 is 1.20 bits per heavy atom. The topological polar surface area (TPSA) is 42.2 Å². The van der Waals surface area contributed by atoms with Gasteiger partial charge in [-0.3, -0.25) is 0 Å². The number of hydrogen-bond donors (Lipinski definition) is 0. The molecule has 1 aliphatic heterocycles. The van der Waals surface area contributed by atoms with Crippen molar-refractivity contribution in [2.24, 2.45) is 0 Å². The third kappa shape index (κ3) is 2.21. The molecule has 1 heterocycles. The predicted octanol–water partition coefficient (Wildman–Crippen LogP) is 1.72. The standard InChI is InChI=1S/C12H9NO2/c13-6-2-1-3-10-4-5-11-12(9-10)15-8-7-14-11/h4-5,9H,2,7-8H2. The smallest absolute Gasteiger partial charge is 0.162 e. The first kappa shape index (κ1) is 9.43. The Hall–Kier alpha value is -2.13. The molecule has 0 bridgehead atoms. The van der Waals surface area contributed by atoms with Crippen molar-refractivity contribution in [3.63, 3.8) is 0 Å². The Kier molecular flexibility index (Phi) is 2.76. The molecule has 0 amide bonds. The normalized spacial score (nSPS) is 12.2. The second kappa shape index (κ2) is 4.39. The van der Waals surface area contributed by atoms with Crippen molar-refractivity contribution >= 4 is 0 Å². The van der Waals surface area contributed by atoms with E-state index < -0.39 is 0 Å². The highest BCUT2D eigenvalue weighted by atomic mass is 16.6. The van der Waals surface area contributed by atoms with Crippen LogP contribution in [0, 0.1) is 23.2 Å². The van der Waals surface area contributed by atoms with Gasteiger partial charge in [0.15, 0.2) is 11.5 Å². The summed E-state index contributed by atoms with van der Waals surface area (Å²) in [6.07, 6.45) is 0.244. The maximum atomic E-state index is 8.34. The van der Waals surface area contributed by atoms with Gasteiger partial charge < -0.3 is 9.47 Å². The van der Waals surface area contributed by atoms with Gasteiger partial charge in [-0.25, -0.2) is 0 Å². The van der Waals surface area contributed by atoms with Crippen LogP contribution in [0.25, 0.3) is 0 Å². The Morgan fingerprint density at radius 3 is 2.80 bits per heavy atom. The van der Waals surface area contributed by atoms with Gasteiger partial charge >= 0.3 is 0 Å². The highest BCUT2D eigenvalue weighted by molar-refractivity contribution is 5.48. The molecular weight excluding hydrogens is 190 g/mol. The van der Waals surface area contributed by atoms with Crippen LogP contribution in [-0.2, 0) is 0 Å². The molecule has 74 valence electrons. The fraction of sp³-hybridized carbons (Fsp3) is 0.250. The first-order valence-electron chi connectivity index (χ1n) is 4.65. The zero-order valence-electron chi connectivity index (χ0n) is 8.12. The Bertz CT molecular complexity index is 463. The summed E-state index contributed by atoms with van der Waals surface area (Å²) in [5, 5.41) is 8.34. The first-order chi connectivity index (χ1) is 7.40. The highest BCUT2D eigenvalue weighted by Gasteiger charge is 2.10. The summed E-state index contributed by atoms with van der Waals surface area (Å²) < 4.78 is 10.8. The third-order valence-corrected chi connectivity index (χ3v) is 1.94. The van der Waals surface area contributed by atoms with Crippen LogP contribution >= 0.6 is 0 Å². The number of hydrogen-bond acceptors (Lipinski definition) is 3. The molecule has 2 rings (SSSR count). The summed E-state index contributed by atoms with van der Waals surface area (Å²) >= 11 is 0. The lowest BCUT2D eigenvalue weighted by Crippen LogP contribution is -2.15. The maximum Gasteiger partial charge on any atom is 0.162 e. The van der Waals surface area contributed by atoms with Crippen molar-refractivity contribution < 1.29 is 9.47 Å².